The van der Waals surface area contributed by atoms with E-state index in [2.05, 4.69) is 15.3 Å². The van der Waals surface area contributed by atoms with Crippen molar-refractivity contribution in [1.29, 1.82) is 0 Å². The zero-order valence-electron chi connectivity index (χ0n) is 12.3. The molecule has 0 unspecified atom stereocenters. The highest BCUT2D eigenvalue weighted by molar-refractivity contribution is 6.12. The van der Waals surface area contributed by atoms with Crippen LogP contribution in [0.3, 0.4) is 0 Å². The molecule has 4 nitrogen and oxygen atoms in total. The average Bonchev–Trinajstić information content (AvgIpc) is 2.99. The standard InChI is InChI=1S/C18H16N4/c1-22-14-15(13-20-22)12-19-21-18(16-8-4-2-5-9-16)17-10-6-3-7-11-17/h2-14H,1H3/b19-12+. The maximum atomic E-state index is 4.42. The van der Waals surface area contributed by atoms with E-state index in [4.69, 9.17) is 0 Å². The van der Waals surface area contributed by atoms with Gasteiger partial charge in [0, 0.05) is 29.9 Å². The first kappa shape index (κ1) is 13.9. The fourth-order valence-corrected chi connectivity index (χ4v) is 2.13. The highest BCUT2D eigenvalue weighted by atomic mass is 15.2. The van der Waals surface area contributed by atoms with Gasteiger partial charge in [-0.2, -0.15) is 10.2 Å². The molecule has 1 heterocycles. The summed E-state index contributed by atoms with van der Waals surface area (Å²) < 4.78 is 1.74. The molecule has 3 aromatic rings. The number of aryl methyl sites for hydroxylation is 1. The molecule has 1 aromatic heterocycles. The van der Waals surface area contributed by atoms with E-state index in [-0.39, 0.29) is 0 Å². The summed E-state index contributed by atoms with van der Waals surface area (Å²) in [5.74, 6) is 0. The van der Waals surface area contributed by atoms with Crippen molar-refractivity contribution in [3.8, 4) is 0 Å². The maximum Gasteiger partial charge on any atom is 0.100 e. The van der Waals surface area contributed by atoms with Crippen LogP contribution >= 0.6 is 0 Å². The molecule has 22 heavy (non-hydrogen) atoms. The smallest absolute Gasteiger partial charge is 0.100 e. The summed E-state index contributed by atoms with van der Waals surface area (Å²) in [7, 11) is 1.87. The zero-order chi connectivity index (χ0) is 15.2. The minimum absolute atomic E-state index is 0.848. The molecule has 3 rings (SSSR count). The Kier molecular flexibility index (Phi) is 4.20. The van der Waals surface area contributed by atoms with Gasteiger partial charge in [-0.25, -0.2) is 0 Å². The molecule has 0 atom stereocenters. The SMILES string of the molecule is Cn1cc(/C=N/N=C(c2ccccc2)c2ccccc2)cn1. The molecular formula is C18H16N4. The van der Waals surface area contributed by atoms with Crippen LogP contribution < -0.4 is 0 Å². The minimum Gasteiger partial charge on any atom is -0.275 e. The summed E-state index contributed by atoms with van der Waals surface area (Å²) >= 11 is 0. The molecule has 108 valence electrons. The van der Waals surface area contributed by atoms with Crippen LogP contribution in [0.25, 0.3) is 0 Å². The quantitative estimate of drug-likeness (QED) is 0.536. The van der Waals surface area contributed by atoms with Gasteiger partial charge in [0.15, 0.2) is 0 Å². The number of hydrogen-bond acceptors (Lipinski definition) is 3. The lowest BCUT2D eigenvalue weighted by molar-refractivity contribution is 0.767. The predicted octanol–water partition coefficient (Wildman–Crippen LogP) is 3.29. The largest absolute Gasteiger partial charge is 0.275 e. The minimum atomic E-state index is 0.848. The van der Waals surface area contributed by atoms with Crippen molar-refractivity contribution in [2.24, 2.45) is 17.3 Å². The van der Waals surface area contributed by atoms with Crippen LogP contribution in [0.5, 0.6) is 0 Å². The van der Waals surface area contributed by atoms with Gasteiger partial charge in [-0.3, -0.25) is 4.68 Å². The van der Waals surface area contributed by atoms with Gasteiger partial charge in [0.25, 0.3) is 0 Å². The molecule has 0 bridgehead atoms. The molecule has 0 saturated carbocycles. The van der Waals surface area contributed by atoms with Gasteiger partial charge < -0.3 is 0 Å². The lowest BCUT2D eigenvalue weighted by Gasteiger charge is -2.04. The van der Waals surface area contributed by atoms with Gasteiger partial charge in [-0.05, 0) is 0 Å². The van der Waals surface area contributed by atoms with E-state index in [0.717, 1.165) is 22.4 Å². The number of benzene rings is 2. The summed E-state index contributed by atoms with van der Waals surface area (Å²) in [4.78, 5) is 0. The molecule has 0 radical (unpaired) electrons. The monoisotopic (exact) mass is 288 g/mol. The van der Waals surface area contributed by atoms with E-state index in [1.54, 1.807) is 17.1 Å². The molecule has 0 fully saturated rings. The van der Waals surface area contributed by atoms with Gasteiger partial charge in [0.2, 0.25) is 0 Å². The van der Waals surface area contributed by atoms with Gasteiger partial charge in [-0.15, -0.1) is 5.10 Å². The third kappa shape index (κ3) is 3.35. The summed E-state index contributed by atoms with van der Waals surface area (Å²) in [6.07, 6.45) is 5.35. The van der Waals surface area contributed by atoms with Crippen molar-refractivity contribution in [1.82, 2.24) is 9.78 Å². The van der Waals surface area contributed by atoms with Crippen LogP contribution in [0.4, 0.5) is 0 Å². The summed E-state index contributed by atoms with van der Waals surface area (Å²) in [6, 6.07) is 20.1. The molecule has 0 aliphatic rings. The van der Waals surface area contributed by atoms with Gasteiger partial charge in [0.05, 0.1) is 12.4 Å². The third-order valence-corrected chi connectivity index (χ3v) is 3.18. The summed E-state index contributed by atoms with van der Waals surface area (Å²) in [5, 5.41) is 12.7. The molecule has 0 N–H and O–H groups in total. The first-order chi connectivity index (χ1) is 10.8. The Morgan fingerprint density at radius 3 is 2.05 bits per heavy atom. The lowest BCUT2D eigenvalue weighted by atomic mass is 10.0. The van der Waals surface area contributed by atoms with Crippen LogP contribution in [0.1, 0.15) is 16.7 Å². The normalized spacial score (nSPS) is 10.8. The van der Waals surface area contributed by atoms with Gasteiger partial charge in [-0.1, -0.05) is 60.7 Å². The Hall–Kier alpha value is -3.01. The Morgan fingerprint density at radius 2 is 1.55 bits per heavy atom. The molecule has 0 aliphatic heterocycles. The van der Waals surface area contributed by atoms with Crippen molar-refractivity contribution in [3.05, 3.63) is 89.7 Å². The average molecular weight is 288 g/mol. The first-order valence-corrected chi connectivity index (χ1v) is 7.03. The molecule has 0 spiro atoms. The number of hydrogen-bond donors (Lipinski definition) is 0. The molecule has 0 amide bonds. The van der Waals surface area contributed by atoms with Crippen molar-refractivity contribution in [2.45, 2.75) is 0 Å². The van der Waals surface area contributed by atoms with E-state index < -0.39 is 0 Å². The van der Waals surface area contributed by atoms with Crippen LogP contribution in [-0.4, -0.2) is 21.7 Å². The van der Waals surface area contributed by atoms with Crippen LogP contribution in [0, 0.1) is 0 Å². The Morgan fingerprint density at radius 1 is 0.955 bits per heavy atom. The highest BCUT2D eigenvalue weighted by Crippen LogP contribution is 2.11. The van der Waals surface area contributed by atoms with Crippen molar-refractivity contribution in [3.63, 3.8) is 0 Å². The van der Waals surface area contributed by atoms with E-state index in [9.17, 15) is 0 Å². The number of aromatic nitrogens is 2. The molecular weight excluding hydrogens is 272 g/mol. The fraction of sp³-hybridized carbons (Fsp3) is 0.0556. The summed E-state index contributed by atoms with van der Waals surface area (Å²) in [5.41, 5.74) is 3.85. The second kappa shape index (κ2) is 6.63. The van der Waals surface area contributed by atoms with Crippen LogP contribution in [-0.2, 0) is 7.05 Å². The third-order valence-electron chi connectivity index (χ3n) is 3.18. The Labute approximate surface area is 129 Å². The van der Waals surface area contributed by atoms with E-state index >= 15 is 0 Å². The lowest BCUT2D eigenvalue weighted by Crippen LogP contribution is -2.02. The molecule has 0 aliphatic carbocycles. The molecule has 0 saturated heterocycles. The highest BCUT2D eigenvalue weighted by Gasteiger charge is 2.05. The Bertz CT molecular complexity index is 745. The summed E-state index contributed by atoms with van der Waals surface area (Å²) in [6.45, 7) is 0. The van der Waals surface area contributed by atoms with Crippen molar-refractivity contribution in [2.75, 3.05) is 0 Å². The van der Waals surface area contributed by atoms with Crippen LogP contribution in [0.2, 0.25) is 0 Å². The van der Waals surface area contributed by atoms with E-state index in [1.165, 1.54) is 0 Å². The molecule has 2 aromatic carbocycles. The second-order valence-corrected chi connectivity index (χ2v) is 4.87. The number of nitrogens with zero attached hydrogens (tertiary/aromatic N) is 4. The van der Waals surface area contributed by atoms with Gasteiger partial charge >= 0.3 is 0 Å². The topological polar surface area (TPSA) is 42.5 Å². The Balaban J connectivity index is 1.95. The number of rotatable bonds is 4. The zero-order valence-corrected chi connectivity index (χ0v) is 12.3. The predicted molar refractivity (Wildman–Crippen MR) is 89.3 cm³/mol. The molecule has 4 heteroatoms. The van der Waals surface area contributed by atoms with Gasteiger partial charge in [0.1, 0.15) is 5.71 Å². The maximum absolute atomic E-state index is 4.42. The van der Waals surface area contributed by atoms with Crippen molar-refractivity contribution >= 4 is 11.9 Å². The van der Waals surface area contributed by atoms with E-state index in [1.807, 2.05) is 73.9 Å². The first-order valence-electron chi connectivity index (χ1n) is 7.03. The fourth-order valence-electron chi connectivity index (χ4n) is 2.13. The van der Waals surface area contributed by atoms with E-state index in [0.29, 0.717) is 0 Å². The van der Waals surface area contributed by atoms with Crippen molar-refractivity contribution < 1.29 is 0 Å². The van der Waals surface area contributed by atoms with Crippen LogP contribution in [0.15, 0.2) is 83.3 Å². The second-order valence-electron chi connectivity index (χ2n) is 4.87.